The fraction of sp³-hybridized carbons (Fsp3) is 0.200. The van der Waals surface area contributed by atoms with Crippen molar-refractivity contribution in [3.63, 3.8) is 0 Å². The molecule has 0 saturated carbocycles. The normalized spacial score (nSPS) is 13.1. The Bertz CT molecular complexity index is 1270. The minimum atomic E-state index is -0.237. The lowest BCUT2D eigenvalue weighted by Crippen LogP contribution is -2.23. The van der Waals surface area contributed by atoms with Crippen LogP contribution < -0.4 is 15.4 Å². The molecule has 6 heteroatoms. The third-order valence-corrected chi connectivity index (χ3v) is 5.75. The number of hydrogen-bond acceptors (Lipinski definition) is 5. The smallest absolute Gasteiger partial charge is 0.227 e. The first kappa shape index (κ1) is 19.5. The molecule has 0 radical (unpaired) electrons. The van der Waals surface area contributed by atoms with Crippen molar-refractivity contribution in [2.24, 2.45) is 0 Å². The van der Waals surface area contributed by atoms with E-state index in [1.54, 1.807) is 19.4 Å². The van der Waals surface area contributed by atoms with E-state index >= 15 is 0 Å². The molecule has 1 aromatic heterocycles. The molecule has 2 heterocycles. The van der Waals surface area contributed by atoms with Crippen LogP contribution in [0.4, 0.5) is 16.0 Å². The fourth-order valence-electron chi connectivity index (χ4n) is 4.13. The highest BCUT2D eigenvalue weighted by atomic mass is 19.1. The number of aromatic nitrogens is 2. The van der Waals surface area contributed by atoms with Crippen LogP contribution in [-0.4, -0.2) is 23.6 Å². The minimum Gasteiger partial charge on any atom is -0.495 e. The highest BCUT2D eigenvalue weighted by molar-refractivity contribution is 5.85. The van der Waals surface area contributed by atoms with E-state index in [0.29, 0.717) is 11.5 Å². The van der Waals surface area contributed by atoms with E-state index in [4.69, 9.17) is 4.74 Å². The summed E-state index contributed by atoms with van der Waals surface area (Å²) in [6, 6.07) is 15.0. The Morgan fingerprint density at radius 2 is 2.00 bits per heavy atom. The van der Waals surface area contributed by atoms with Gasteiger partial charge in [0.2, 0.25) is 5.95 Å². The molecule has 0 aliphatic carbocycles. The number of nitrogens with zero attached hydrogens (tertiary/aromatic N) is 2. The Labute approximate surface area is 180 Å². The molecule has 3 aromatic carbocycles. The highest BCUT2D eigenvalue weighted by Crippen LogP contribution is 2.33. The summed E-state index contributed by atoms with van der Waals surface area (Å²) in [6.07, 6.45) is 2.76. The van der Waals surface area contributed by atoms with Crippen molar-refractivity contribution >= 4 is 22.5 Å². The first-order chi connectivity index (χ1) is 15.1. The molecule has 156 valence electrons. The number of benzene rings is 3. The van der Waals surface area contributed by atoms with Gasteiger partial charge in [-0.25, -0.2) is 14.4 Å². The van der Waals surface area contributed by atoms with Gasteiger partial charge in [-0.1, -0.05) is 24.3 Å². The average Bonchev–Trinajstić information content (AvgIpc) is 2.78. The Hall–Kier alpha value is -3.51. The fourth-order valence-corrected chi connectivity index (χ4v) is 4.13. The van der Waals surface area contributed by atoms with E-state index in [2.05, 4.69) is 32.7 Å². The molecule has 4 aromatic rings. The second-order valence-electron chi connectivity index (χ2n) is 7.77. The van der Waals surface area contributed by atoms with Crippen molar-refractivity contribution in [3.8, 4) is 16.9 Å². The number of ether oxygens (including phenoxy) is 1. The molecular weight excluding hydrogens is 391 g/mol. The lowest BCUT2D eigenvalue weighted by atomic mass is 9.99. The Morgan fingerprint density at radius 3 is 2.84 bits per heavy atom. The number of halogens is 1. The minimum absolute atomic E-state index is 0.237. The van der Waals surface area contributed by atoms with Gasteiger partial charge in [-0.15, -0.1) is 0 Å². The zero-order chi connectivity index (χ0) is 21.4. The lowest BCUT2D eigenvalue weighted by Gasteiger charge is -2.20. The van der Waals surface area contributed by atoms with Gasteiger partial charge in [-0.2, -0.15) is 0 Å². The number of hydrogen-bond donors (Lipinski definition) is 2. The molecule has 0 spiro atoms. The van der Waals surface area contributed by atoms with Crippen LogP contribution in [0.15, 0.2) is 54.7 Å². The molecule has 5 nitrogen and oxygen atoms in total. The number of aryl methyl sites for hydroxylation is 1. The predicted molar refractivity (Wildman–Crippen MR) is 121 cm³/mol. The zero-order valence-corrected chi connectivity index (χ0v) is 17.5. The van der Waals surface area contributed by atoms with Gasteiger partial charge >= 0.3 is 0 Å². The number of rotatable bonds is 4. The largest absolute Gasteiger partial charge is 0.495 e. The standard InChI is InChI=1S/C25H23FN4O/c1-15-4-3-5-20(26)24(15)17-6-7-18-14-28-25(29-21(18)10-17)30-22-11-19-13-27-9-8-16(19)12-23(22)31-2/h3-7,10-12,14,27H,8-9,13H2,1-2H3,(H,28,29,30). The zero-order valence-electron chi connectivity index (χ0n) is 17.5. The van der Waals surface area contributed by atoms with Gasteiger partial charge in [-0.05, 0) is 66.4 Å². The third-order valence-electron chi connectivity index (χ3n) is 5.75. The van der Waals surface area contributed by atoms with Crippen molar-refractivity contribution in [2.75, 3.05) is 19.0 Å². The Balaban J connectivity index is 1.53. The maximum atomic E-state index is 14.5. The number of nitrogens with one attached hydrogen (secondary N) is 2. The predicted octanol–water partition coefficient (Wildman–Crippen LogP) is 5.14. The van der Waals surface area contributed by atoms with Crippen LogP contribution in [0.3, 0.4) is 0 Å². The summed E-state index contributed by atoms with van der Waals surface area (Å²) in [5.74, 6) is 0.996. The third kappa shape index (κ3) is 3.70. The van der Waals surface area contributed by atoms with E-state index in [-0.39, 0.29) is 5.82 Å². The first-order valence-electron chi connectivity index (χ1n) is 10.3. The van der Waals surface area contributed by atoms with E-state index in [1.807, 2.05) is 31.2 Å². The van der Waals surface area contributed by atoms with Crippen molar-refractivity contribution in [1.82, 2.24) is 15.3 Å². The van der Waals surface area contributed by atoms with Crippen LogP contribution >= 0.6 is 0 Å². The lowest BCUT2D eigenvalue weighted by molar-refractivity contribution is 0.415. The molecule has 2 N–H and O–H groups in total. The van der Waals surface area contributed by atoms with Gasteiger partial charge in [0, 0.05) is 23.7 Å². The van der Waals surface area contributed by atoms with Crippen LogP contribution in [-0.2, 0) is 13.0 Å². The maximum absolute atomic E-state index is 14.5. The van der Waals surface area contributed by atoms with Gasteiger partial charge in [0.1, 0.15) is 11.6 Å². The summed E-state index contributed by atoms with van der Waals surface area (Å²) in [5.41, 5.74) is 6.39. The summed E-state index contributed by atoms with van der Waals surface area (Å²) < 4.78 is 20.1. The number of fused-ring (bicyclic) bond motifs is 2. The van der Waals surface area contributed by atoms with Crippen molar-refractivity contribution in [3.05, 3.63) is 77.2 Å². The monoisotopic (exact) mass is 414 g/mol. The van der Waals surface area contributed by atoms with Crippen LogP contribution in [0.1, 0.15) is 16.7 Å². The summed E-state index contributed by atoms with van der Waals surface area (Å²) in [5, 5.41) is 7.59. The Morgan fingerprint density at radius 1 is 1.10 bits per heavy atom. The summed E-state index contributed by atoms with van der Waals surface area (Å²) >= 11 is 0. The SMILES string of the molecule is COc1cc2c(cc1Nc1ncc3ccc(-c4c(C)cccc4F)cc3n1)CNCC2. The Kier molecular flexibility index (Phi) is 5.00. The van der Waals surface area contributed by atoms with Crippen LogP contribution in [0.25, 0.3) is 22.0 Å². The first-order valence-corrected chi connectivity index (χ1v) is 10.3. The summed E-state index contributed by atoms with van der Waals surface area (Å²) in [6.45, 7) is 3.71. The maximum Gasteiger partial charge on any atom is 0.227 e. The topological polar surface area (TPSA) is 59.1 Å². The van der Waals surface area contributed by atoms with Crippen LogP contribution in [0.5, 0.6) is 5.75 Å². The van der Waals surface area contributed by atoms with Gasteiger partial charge < -0.3 is 15.4 Å². The molecule has 1 aliphatic heterocycles. The van der Waals surface area contributed by atoms with E-state index < -0.39 is 0 Å². The second kappa shape index (κ2) is 7.96. The van der Waals surface area contributed by atoms with E-state index in [1.165, 1.54) is 17.2 Å². The molecule has 31 heavy (non-hydrogen) atoms. The molecule has 0 unspecified atom stereocenters. The summed E-state index contributed by atoms with van der Waals surface area (Å²) in [4.78, 5) is 9.15. The van der Waals surface area contributed by atoms with Crippen LogP contribution in [0.2, 0.25) is 0 Å². The molecule has 1 aliphatic rings. The quantitative estimate of drug-likeness (QED) is 0.484. The molecule has 0 saturated heterocycles. The highest BCUT2D eigenvalue weighted by Gasteiger charge is 2.15. The molecule has 0 fully saturated rings. The molecule has 0 amide bonds. The van der Waals surface area contributed by atoms with Crippen molar-refractivity contribution in [1.29, 1.82) is 0 Å². The van der Waals surface area contributed by atoms with E-state index in [9.17, 15) is 4.39 Å². The van der Waals surface area contributed by atoms with Gasteiger partial charge in [0.05, 0.1) is 18.3 Å². The molecular formula is C25H23FN4O. The number of anilines is 2. The van der Waals surface area contributed by atoms with Gasteiger partial charge in [-0.3, -0.25) is 0 Å². The van der Waals surface area contributed by atoms with E-state index in [0.717, 1.165) is 53.0 Å². The number of methoxy groups -OCH3 is 1. The molecule has 0 atom stereocenters. The summed E-state index contributed by atoms with van der Waals surface area (Å²) in [7, 11) is 1.66. The average molecular weight is 414 g/mol. The van der Waals surface area contributed by atoms with Crippen molar-refractivity contribution < 1.29 is 9.13 Å². The molecule has 5 rings (SSSR count). The van der Waals surface area contributed by atoms with Gasteiger partial charge in [0.25, 0.3) is 0 Å². The van der Waals surface area contributed by atoms with Crippen molar-refractivity contribution in [2.45, 2.75) is 19.9 Å². The molecule has 0 bridgehead atoms. The second-order valence-corrected chi connectivity index (χ2v) is 7.77. The van der Waals surface area contributed by atoms with Crippen LogP contribution in [0, 0.1) is 12.7 Å². The van der Waals surface area contributed by atoms with Gasteiger partial charge in [0.15, 0.2) is 0 Å².